The van der Waals surface area contributed by atoms with E-state index in [1.807, 2.05) is 0 Å². The van der Waals surface area contributed by atoms with Crippen LogP contribution in [0.2, 0.25) is 0 Å². The summed E-state index contributed by atoms with van der Waals surface area (Å²) in [7, 11) is 1.43. The zero-order valence-corrected chi connectivity index (χ0v) is 9.36. The predicted octanol–water partition coefficient (Wildman–Crippen LogP) is 0.610. The van der Waals surface area contributed by atoms with Gasteiger partial charge in [0, 0.05) is 0 Å². The van der Waals surface area contributed by atoms with Gasteiger partial charge in [-0.3, -0.25) is 14.5 Å². The molecule has 2 fully saturated rings. The highest BCUT2D eigenvalue weighted by Crippen LogP contribution is 2.59. The van der Waals surface area contributed by atoms with Crippen molar-refractivity contribution in [3.8, 4) is 0 Å². The third-order valence-corrected chi connectivity index (χ3v) is 3.41. The zero-order chi connectivity index (χ0) is 11.1. The number of hydrogen-bond donors (Lipinski definition) is 0. The lowest BCUT2D eigenvalue weighted by Gasteiger charge is -2.12. The molecule has 0 amide bonds. The number of hydrogen-bond acceptors (Lipinski definition) is 5. The molecule has 15 heavy (non-hydrogen) atoms. The summed E-state index contributed by atoms with van der Waals surface area (Å²) in [5.74, 6) is 0.0857. The van der Waals surface area contributed by atoms with Crippen LogP contribution in [0.1, 0.15) is 13.8 Å². The van der Waals surface area contributed by atoms with Gasteiger partial charge in [-0.2, -0.15) is 0 Å². The van der Waals surface area contributed by atoms with E-state index in [1.165, 1.54) is 12.3 Å². The van der Waals surface area contributed by atoms with Crippen LogP contribution in [0.5, 0.6) is 0 Å². The molecule has 2 aliphatic rings. The summed E-state index contributed by atoms with van der Waals surface area (Å²) in [5.41, 5.74) is -0.0115. The molecule has 5 nitrogen and oxygen atoms in total. The van der Waals surface area contributed by atoms with Gasteiger partial charge in [0.05, 0.1) is 32.8 Å². The van der Waals surface area contributed by atoms with Crippen LogP contribution in [-0.2, 0) is 19.2 Å². The van der Waals surface area contributed by atoms with Gasteiger partial charge >= 0.3 is 5.97 Å². The van der Waals surface area contributed by atoms with Gasteiger partial charge < -0.3 is 4.74 Å². The van der Waals surface area contributed by atoms with Gasteiger partial charge in [-0.05, 0) is 11.3 Å². The van der Waals surface area contributed by atoms with Gasteiger partial charge in [0.1, 0.15) is 0 Å². The highest BCUT2D eigenvalue weighted by atomic mass is 17.0. The number of nitrogens with zero attached hydrogens (tertiary/aromatic N) is 1. The Morgan fingerprint density at radius 3 is 2.60 bits per heavy atom. The van der Waals surface area contributed by atoms with Crippen LogP contribution in [0.4, 0.5) is 0 Å². The zero-order valence-electron chi connectivity index (χ0n) is 9.36. The Morgan fingerprint density at radius 2 is 2.07 bits per heavy atom. The smallest absolute Gasteiger partial charge is 0.309 e. The summed E-state index contributed by atoms with van der Waals surface area (Å²) in [5, 5.41) is 1.48. The number of ether oxygens (including phenoxy) is 1. The van der Waals surface area contributed by atoms with E-state index in [4.69, 9.17) is 14.4 Å². The van der Waals surface area contributed by atoms with E-state index in [2.05, 4.69) is 13.8 Å². The third-order valence-electron chi connectivity index (χ3n) is 3.41. The minimum Gasteiger partial charge on any atom is -0.469 e. The SMILES string of the molecule is COC(=O)C1C(CN2OCCO2)C1(C)C. The average molecular weight is 215 g/mol. The van der Waals surface area contributed by atoms with Crippen molar-refractivity contribution in [2.45, 2.75) is 13.8 Å². The first-order chi connectivity index (χ1) is 7.07. The average Bonchev–Trinajstić information content (AvgIpc) is 2.60. The number of methoxy groups -OCH3 is 1. The van der Waals surface area contributed by atoms with Gasteiger partial charge in [0.2, 0.25) is 0 Å². The van der Waals surface area contributed by atoms with Crippen LogP contribution < -0.4 is 0 Å². The first-order valence-electron chi connectivity index (χ1n) is 5.18. The lowest BCUT2D eigenvalue weighted by molar-refractivity contribution is -0.301. The van der Waals surface area contributed by atoms with Crippen LogP contribution >= 0.6 is 0 Å². The van der Waals surface area contributed by atoms with Crippen molar-refractivity contribution in [3.05, 3.63) is 0 Å². The maximum atomic E-state index is 11.5. The molecule has 86 valence electrons. The molecule has 1 heterocycles. The molecule has 2 rings (SSSR count). The van der Waals surface area contributed by atoms with Crippen molar-refractivity contribution >= 4 is 5.97 Å². The van der Waals surface area contributed by atoms with E-state index in [0.29, 0.717) is 19.8 Å². The summed E-state index contributed by atoms with van der Waals surface area (Å²) in [6, 6.07) is 0. The molecule has 2 atom stereocenters. The van der Waals surface area contributed by atoms with E-state index >= 15 is 0 Å². The molecule has 0 aromatic carbocycles. The van der Waals surface area contributed by atoms with Crippen molar-refractivity contribution in [1.29, 1.82) is 0 Å². The van der Waals surface area contributed by atoms with Crippen LogP contribution in [0.3, 0.4) is 0 Å². The first-order valence-corrected chi connectivity index (χ1v) is 5.18. The fourth-order valence-corrected chi connectivity index (χ4v) is 2.26. The standard InChI is InChI=1S/C10H17NO4/c1-10(2)7(8(10)9(12)13-3)6-11-14-4-5-15-11/h7-8H,4-6H2,1-3H3. The molecule has 2 unspecified atom stereocenters. The maximum Gasteiger partial charge on any atom is 0.309 e. The summed E-state index contributed by atoms with van der Waals surface area (Å²) < 4.78 is 4.77. The molecule has 0 radical (unpaired) electrons. The molecule has 0 spiro atoms. The Balaban J connectivity index is 1.90. The van der Waals surface area contributed by atoms with Crippen molar-refractivity contribution in [3.63, 3.8) is 0 Å². The second-order valence-electron chi connectivity index (χ2n) is 4.61. The molecular weight excluding hydrogens is 198 g/mol. The number of rotatable bonds is 3. The third kappa shape index (κ3) is 1.87. The summed E-state index contributed by atoms with van der Waals surface area (Å²) in [6.45, 7) is 5.95. The molecule has 1 aliphatic carbocycles. The molecule has 5 heteroatoms. The summed E-state index contributed by atoms with van der Waals surface area (Å²) >= 11 is 0. The van der Waals surface area contributed by atoms with E-state index in [9.17, 15) is 4.79 Å². The van der Waals surface area contributed by atoms with Gasteiger partial charge in [-0.25, -0.2) is 0 Å². The van der Waals surface area contributed by atoms with E-state index in [-0.39, 0.29) is 23.2 Å². The van der Waals surface area contributed by atoms with Gasteiger partial charge in [-0.1, -0.05) is 19.1 Å². The molecule has 0 bridgehead atoms. The normalized spacial score (nSPS) is 34.1. The van der Waals surface area contributed by atoms with E-state index < -0.39 is 0 Å². The van der Waals surface area contributed by atoms with Crippen LogP contribution in [0, 0.1) is 17.3 Å². The highest BCUT2D eigenvalue weighted by Gasteiger charge is 2.63. The minimum absolute atomic E-state index is 0.0115. The van der Waals surface area contributed by atoms with E-state index in [0.717, 1.165) is 0 Å². The Bertz CT molecular complexity index is 260. The Hall–Kier alpha value is -0.650. The lowest BCUT2D eigenvalue weighted by Crippen LogP contribution is -2.21. The van der Waals surface area contributed by atoms with Crippen molar-refractivity contribution in [2.24, 2.45) is 17.3 Å². The number of carbonyl (C=O) groups is 1. The van der Waals surface area contributed by atoms with Crippen LogP contribution in [0.15, 0.2) is 0 Å². The van der Waals surface area contributed by atoms with Crippen LogP contribution in [-0.4, -0.2) is 38.1 Å². The molecule has 1 saturated heterocycles. The molecule has 0 aromatic rings. The number of carbonyl (C=O) groups excluding carboxylic acids is 1. The van der Waals surface area contributed by atoms with Gasteiger partial charge in [-0.15, -0.1) is 0 Å². The van der Waals surface area contributed by atoms with Gasteiger partial charge in [0.25, 0.3) is 0 Å². The molecule has 0 N–H and O–H groups in total. The number of esters is 1. The van der Waals surface area contributed by atoms with Gasteiger partial charge in [0.15, 0.2) is 0 Å². The Morgan fingerprint density at radius 1 is 1.47 bits per heavy atom. The second kappa shape index (κ2) is 3.73. The minimum atomic E-state index is -0.135. The van der Waals surface area contributed by atoms with E-state index in [1.54, 1.807) is 0 Å². The quantitative estimate of drug-likeness (QED) is 0.645. The van der Waals surface area contributed by atoms with Crippen molar-refractivity contribution < 1.29 is 19.2 Å². The van der Waals surface area contributed by atoms with Crippen molar-refractivity contribution in [1.82, 2.24) is 5.23 Å². The maximum absolute atomic E-state index is 11.5. The highest BCUT2D eigenvalue weighted by molar-refractivity contribution is 5.77. The fourth-order valence-electron chi connectivity index (χ4n) is 2.26. The monoisotopic (exact) mass is 215 g/mol. The van der Waals surface area contributed by atoms with Crippen molar-refractivity contribution in [2.75, 3.05) is 26.9 Å². The Labute approximate surface area is 89.2 Å². The molecule has 1 aliphatic heterocycles. The summed E-state index contributed by atoms with van der Waals surface area (Å²) in [4.78, 5) is 21.9. The lowest BCUT2D eigenvalue weighted by atomic mass is 10.1. The molecular formula is C10H17NO4. The first kappa shape index (κ1) is 10.9. The number of hydroxylamine groups is 2. The summed E-state index contributed by atoms with van der Waals surface area (Å²) in [6.07, 6.45) is 0. The molecule has 1 saturated carbocycles. The largest absolute Gasteiger partial charge is 0.469 e. The fraction of sp³-hybridized carbons (Fsp3) is 0.900. The second-order valence-corrected chi connectivity index (χ2v) is 4.61. The topological polar surface area (TPSA) is 48.0 Å². The predicted molar refractivity (Wildman–Crippen MR) is 51.4 cm³/mol. The van der Waals surface area contributed by atoms with Crippen LogP contribution in [0.25, 0.3) is 0 Å². The Kier molecular flexibility index (Phi) is 2.70. The molecule has 0 aromatic heterocycles.